The van der Waals surface area contributed by atoms with E-state index in [1.165, 1.54) is 19.8 Å². The zero-order chi connectivity index (χ0) is 15.1. The van der Waals surface area contributed by atoms with E-state index in [0.717, 1.165) is 13.0 Å². The topological polar surface area (TPSA) is 60.5 Å². The van der Waals surface area contributed by atoms with E-state index in [2.05, 4.69) is 27.2 Å². The Hall–Kier alpha value is -2.56. The zero-order valence-electron chi connectivity index (χ0n) is 12.1. The molecule has 0 amide bonds. The van der Waals surface area contributed by atoms with Crippen LogP contribution in [0.15, 0.2) is 42.5 Å². The number of nitrogens with one attached hydrogen (secondary N) is 1. The monoisotopic (exact) mass is 286 g/mol. The largest absolute Gasteiger partial charge is 0.480 e. The molecule has 1 heterocycles. The van der Waals surface area contributed by atoms with Gasteiger partial charge in [-0.3, -0.25) is 0 Å². The minimum absolute atomic E-state index is 0.256. The molecule has 110 valence electrons. The quantitative estimate of drug-likeness (QED) is 0.827. The van der Waals surface area contributed by atoms with Crippen molar-refractivity contribution in [2.24, 2.45) is 0 Å². The number of benzene rings is 1. The standard InChI is InChI=1S/C16H18N2O3/c1-20-15-13(16(19)21-2)8-9-14(18-15)17-11-10-12-6-4-3-5-7-12/h3-9H,10-11H2,1-2H3,(H,17,18). The second-order valence-corrected chi connectivity index (χ2v) is 4.41. The van der Waals surface area contributed by atoms with Crippen molar-refractivity contribution in [3.8, 4) is 5.88 Å². The van der Waals surface area contributed by atoms with Crippen LogP contribution in [0.3, 0.4) is 0 Å². The van der Waals surface area contributed by atoms with Crippen LogP contribution in [0.5, 0.6) is 5.88 Å². The first kappa shape index (κ1) is 14.8. The van der Waals surface area contributed by atoms with Crippen LogP contribution in [0.25, 0.3) is 0 Å². The van der Waals surface area contributed by atoms with Gasteiger partial charge < -0.3 is 14.8 Å². The van der Waals surface area contributed by atoms with E-state index in [1.807, 2.05) is 18.2 Å². The van der Waals surface area contributed by atoms with Gasteiger partial charge in [0.1, 0.15) is 11.4 Å². The van der Waals surface area contributed by atoms with Gasteiger partial charge in [-0.15, -0.1) is 0 Å². The van der Waals surface area contributed by atoms with Gasteiger partial charge in [-0.2, -0.15) is 4.98 Å². The first-order valence-corrected chi connectivity index (χ1v) is 6.65. The maximum atomic E-state index is 11.5. The third-order valence-electron chi connectivity index (χ3n) is 3.02. The average molecular weight is 286 g/mol. The number of hydrogen-bond acceptors (Lipinski definition) is 5. The smallest absolute Gasteiger partial charge is 0.343 e. The molecule has 0 atom stereocenters. The summed E-state index contributed by atoms with van der Waals surface area (Å²) >= 11 is 0. The van der Waals surface area contributed by atoms with E-state index in [1.54, 1.807) is 12.1 Å². The van der Waals surface area contributed by atoms with Crippen molar-refractivity contribution in [3.05, 3.63) is 53.6 Å². The van der Waals surface area contributed by atoms with Crippen LogP contribution in [-0.2, 0) is 11.2 Å². The Labute approximate surface area is 123 Å². The summed E-state index contributed by atoms with van der Waals surface area (Å²) in [5.41, 5.74) is 1.57. The molecule has 0 radical (unpaired) electrons. The number of ether oxygens (including phenoxy) is 2. The lowest BCUT2D eigenvalue weighted by atomic mass is 10.1. The molecule has 2 rings (SSSR count). The van der Waals surface area contributed by atoms with E-state index in [4.69, 9.17) is 4.74 Å². The second-order valence-electron chi connectivity index (χ2n) is 4.41. The molecular weight excluding hydrogens is 268 g/mol. The van der Waals surface area contributed by atoms with Gasteiger partial charge in [-0.25, -0.2) is 4.79 Å². The highest BCUT2D eigenvalue weighted by atomic mass is 16.5. The number of rotatable bonds is 6. The van der Waals surface area contributed by atoms with Gasteiger partial charge in [-0.1, -0.05) is 30.3 Å². The Balaban J connectivity index is 1.99. The van der Waals surface area contributed by atoms with Crippen LogP contribution in [0.1, 0.15) is 15.9 Å². The summed E-state index contributed by atoms with van der Waals surface area (Å²) in [5.74, 6) is 0.456. The summed E-state index contributed by atoms with van der Waals surface area (Å²) in [6.07, 6.45) is 0.892. The molecule has 1 aromatic heterocycles. The highest BCUT2D eigenvalue weighted by Crippen LogP contribution is 2.19. The highest BCUT2D eigenvalue weighted by molar-refractivity contribution is 5.92. The minimum Gasteiger partial charge on any atom is -0.480 e. The number of carbonyl (C=O) groups is 1. The molecular formula is C16H18N2O3. The van der Waals surface area contributed by atoms with Crippen LogP contribution < -0.4 is 10.1 Å². The lowest BCUT2D eigenvalue weighted by Gasteiger charge is -2.10. The van der Waals surface area contributed by atoms with Crippen molar-refractivity contribution in [2.75, 3.05) is 26.1 Å². The number of carbonyl (C=O) groups excluding carboxylic acids is 1. The predicted molar refractivity (Wildman–Crippen MR) is 80.8 cm³/mol. The number of anilines is 1. The molecule has 5 heteroatoms. The summed E-state index contributed by atoms with van der Waals surface area (Å²) in [6, 6.07) is 13.6. The van der Waals surface area contributed by atoms with E-state index in [-0.39, 0.29) is 5.88 Å². The van der Waals surface area contributed by atoms with E-state index < -0.39 is 5.97 Å². The predicted octanol–water partition coefficient (Wildman–Crippen LogP) is 2.53. The molecule has 1 N–H and O–H groups in total. The van der Waals surface area contributed by atoms with Gasteiger partial charge in [0.25, 0.3) is 0 Å². The summed E-state index contributed by atoms with van der Waals surface area (Å²) < 4.78 is 9.80. The normalized spacial score (nSPS) is 10.0. The van der Waals surface area contributed by atoms with Crippen molar-refractivity contribution in [1.82, 2.24) is 4.98 Å². The Bertz CT molecular complexity index is 600. The Kier molecular flexibility index (Phi) is 5.15. The minimum atomic E-state index is -0.463. The van der Waals surface area contributed by atoms with Crippen LogP contribution in [-0.4, -0.2) is 31.7 Å². The van der Waals surface area contributed by atoms with Crippen LogP contribution in [0.2, 0.25) is 0 Å². The van der Waals surface area contributed by atoms with Gasteiger partial charge in [0.2, 0.25) is 5.88 Å². The summed E-state index contributed by atoms with van der Waals surface area (Å²) in [6.45, 7) is 0.748. The van der Waals surface area contributed by atoms with Crippen molar-refractivity contribution in [3.63, 3.8) is 0 Å². The number of esters is 1. The van der Waals surface area contributed by atoms with Crippen LogP contribution >= 0.6 is 0 Å². The van der Waals surface area contributed by atoms with Crippen molar-refractivity contribution in [2.45, 2.75) is 6.42 Å². The van der Waals surface area contributed by atoms with Gasteiger partial charge in [0.05, 0.1) is 14.2 Å². The molecule has 0 aliphatic rings. The van der Waals surface area contributed by atoms with Crippen molar-refractivity contribution in [1.29, 1.82) is 0 Å². The number of methoxy groups -OCH3 is 2. The van der Waals surface area contributed by atoms with Gasteiger partial charge in [-0.05, 0) is 24.1 Å². The maximum Gasteiger partial charge on any atom is 0.343 e. The van der Waals surface area contributed by atoms with Crippen LogP contribution in [0, 0.1) is 0 Å². The SMILES string of the molecule is COC(=O)c1ccc(NCCc2ccccc2)nc1OC. The molecule has 1 aromatic carbocycles. The number of hydrogen-bond donors (Lipinski definition) is 1. The van der Waals surface area contributed by atoms with Gasteiger partial charge in [0.15, 0.2) is 0 Å². The molecule has 0 aliphatic carbocycles. The Morgan fingerprint density at radius 2 is 1.90 bits per heavy atom. The molecule has 5 nitrogen and oxygen atoms in total. The lowest BCUT2D eigenvalue weighted by Crippen LogP contribution is -2.09. The fraction of sp³-hybridized carbons (Fsp3) is 0.250. The van der Waals surface area contributed by atoms with Crippen LogP contribution in [0.4, 0.5) is 5.82 Å². The van der Waals surface area contributed by atoms with Gasteiger partial charge in [0, 0.05) is 6.54 Å². The van der Waals surface area contributed by atoms with E-state index >= 15 is 0 Å². The summed E-state index contributed by atoms with van der Waals surface area (Å²) in [5, 5.41) is 3.21. The van der Waals surface area contributed by atoms with E-state index in [0.29, 0.717) is 11.4 Å². The molecule has 2 aromatic rings. The molecule has 0 bridgehead atoms. The first-order chi connectivity index (χ1) is 10.2. The van der Waals surface area contributed by atoms with Crippen molar-refractivity contribution >= 4 is 11.8 Å². The number of pyridine rings is 1. The zero-order valence-corrected chi connectivity index (χ0v) is 12.1. The maximum absolute atomic E-state index is 11.5. The lowest BCUT2D eigenvalue weighted by molar-refractivity contribution is 0.0596. The third-order valence-corrected chi connectivity index (χ3v) is 3.02. The molecule has 0 saturated carbocycles. The number of nitrogens with zero attached hydrogens (tertiary/aromatic N) is 1. The molecule has 0 spiro atoms. The van der Waals surface area contributed by atoms with Crippen molar-refractivity contribution < 1.29 is 14.3 Å². The molecule has 0 saturated heterocycles. The third kappa shape index (κ3) is 3.95. The molecule has 0 unspecified atom stereocenters. The Morgan fingerprint density at radius 3 is 2.57 bits per heavy atom. The first-order valence-electron chi connectivity index (χ1n) is 6.65. The van der Waals surface area contributed by atoms with Gasteiger partial charge >= 0.3 is 5.97 Å². The molecule has 0 aliphatic heterocycles. The molecule has 21 heavy (non-hydrogen) atoms. The highest BCUT2D eigenvalue weighted by Gasteiger charge is 2.14. The molecule has 0 fully saturated rings. The fourth-order valence-electron chi connectivity index (χ4n) is 1.94. The number of aromatic nitrogens is 1. The van der Waals surface area contributed by atoms with E-state index in [9.17, 15) is 4.79 Å². The summed E-state index contributed by atoms with van der Waals surface area (Å²) in [7, 11) is 2.80. The Morgan fingerprint density at radius 1 is 1.14 bits per heavy atom. The fourth-order valence-corrected chi connectivity index (χ4v) is 1.94. The average Bonchev–Trinajstić information content (AvgIpc) is 2.55. The summed E-state index contributed by atoms with van der Waals surface area (Å²) in [4.78, 5) is 15.8. The second kappa shape index (κ2) is 7.28.